The molecule has 0 fully saturated rings. The molecular weight excluding hydrogens is 176 g/mol. The van der Waals surface area contributed by atoms with Gasteiger partial charge >= 0.3 is 0 Å². The smallest absolute Gasteiger partial charge is 0.0682 e. The quantitative estimate of drug-likeness (QED) is 0.598. The lowest BCUT2D eigenvalue weighted by atomic mass is 10.5. The van der Waals surface area contributed by atoms with Crippen LogP contribution in [0.4, 0.5) is 0 Å². The summed E-state index contributed by atoms with van der Waals surface area (Å²) in [5, 5.41) is 0. The van der Waals surface area contributed by atoms with Gasteiger partial charge in [-0.1, -0.05) is 57.1 Å². The minimum Gasteiger partial charge on any atom is -0.0989 e. The molecule has 0 aliphatic heterocycles. The van der Waals surface area contributed by atoms with Crippen molar-refractivity contribution in [2.75, 3.05) is 0 Å². The van der Waals surface area contributed by atoms with E-state index in [1.807, 2.05) is 0 Å². The largest absolute Gasteiger partial charge is 0.0989 e. The van der Waals surface area contributed by atoms with Crippen molar-refractivity contribution < 1.29 is 0 Å². The topological polar surface area (TPSA) is 0 Å². The highest BCUT2D eigenvalue weighted by molar-refractivity contribution is 6.81. The first kappa shape index (κ1) is 12.2. The Bertz CT molecular complexity index is 146. The molecule has 2 heteroatoms. The molecule has 0 unspecified atom stereocenters. The lowest BCUT2D eigenvalue weighted by Gasteiger charge is -2.14. The Morgan fingerprint density at radius 2 is 1.42 bits per heavy atom. The van der Waals surface area contributed by atoms with Crippen LogP contribution in [0, 0.1) is 0 Å². The predicted octanol–water partition coefficient (Wildman–Crippen LogP) is 4.15. The van der Waals surface area contributed by atoms with E-state index in [1.54, 1.807) is 0 Å². The Hall–Kier alpha value is 0.174. The summed E-state index contributed by atoms with van der Waals surface area (Å²) < 4.78 is 0. The third-order valence-corrected chi connectivity index (χ3v) is 4.70. The van der Waals surface area contributed by atoms with Crippen LogP contribution in [-0.4, -0.2) is 16.1 Å². The van der Waals surface area contributed by atoms with Gasteiger partial charge in [0.1, 0.15) is 0 Å². The van der Waals surface area contributed by atoms with Crippen LogP contribution in [0.25, 0.3) is 0 Å². The second kappa shape index (κ2) is 4.42. The molecular formula is C10H24Si2. The highest BCUT2D eigenvalue weighted by atomic mass is 28.3. The van der Waals surface area contributed by atoms with E-state index >= 15 is 0 Å². The van der Waals surface area contributed by atoms with Crippen LogP contribution < -0.4 is 0 Å². The van der Waals surface area contributed by atoms with Gasteiger partial charge in [-0.2, -0.15) is 0 Å². The van der Waals surface area contributed by atoms with E-state index in [9.17, 15) is 0 Å². The number of rotatable bonds is 4. The zero-order chi connectivity index (χ0) is 9.83. The molecule has 0 spiro atoms. The SMILES string of the molecule is C[Si](C)(C)/C=C/CC[Si](C)(C)C. The summed E-state index contributed by atoms with van der Waals surface area (Å²) in [6, 6.07) is 1.44. The Labute approximate surface area is 80.1 Å². The molecule has 0 heterocycles. The average molecular weight is 200 g/mol. The molecule has 72 valence electrons. The minimum absolute atomic E-state index is 0.789. The molecule has 0 atom stereocenters. The van der Waals surface area contributed by atoms with E-state index < -0.39 is 16.1 Å². The van der Waals surface area contributed by atoms with E-state index in [2.05, 4.69) is 51.1 Å². The number of hydrogen-bond donors (Lipinski definition) is 0. The summed E-state index contributed by atoms with van der Waals surface area (Å²) in [5.74, 6) is 0. The molecule has 0 rings (SSSR count). The van der Waals surface area contributed by atoms with Crippen molar-refractivity contribution in [1.82, 2.24) is 0 Å². The second-order valence-electron chi connectivity index (χ2n) is 5.87. The van der Waals surface area contributed by atoms with Crippen LogP contribution in [-0.2, 0) is 0 Å². The fraction of sp³-hybridized carbons (Fsp3) is 0.800. The summed E-state index contributed by atoms with van der Waals surface area (Å²) in [7, 11) is -1.71. The van der Waals surface area contributed by atoms with Crippen molar-refractivity contribution in [1.29, 1.82) is 0 Å². The first-order chi connectivity index (χ1) is 5.21. The maximum Gasteiger partial charge on any atom is 0.0682 e. The average Bonchev–Trinajstić information content (AvgIpc) is 1.76. The first-order valence-electron chi connectivity index (χ1n) is 4.88. The standard InChI is InChI=1S/C10H24Si2/c1-11(2,3)9-7-8-10-12(4,5)6/h7,9H,8,10H2,1-6H3/b9-7+. The van der Waals surface area contributed by atoms with Crippen molar-refractivity contribution in [2.45, 2.75) is 51.7 Å². The zero-order valence-corrected chi connectivity index (χ0v) is 11.6. The first-order valence-corrected chi connectivity index (χ1v) is 12.2. The Balaban J connectivity index is 3.64. The molecule has 0 bridgehead atoms. The van der Waals surface area contributed by atoms with Crippen molar-refractivity contribution in [3.8, 4) is 0 Å². The van der Waals surface area contributed by atoms with Gasteiger partial charge in [-0.25, -0.2) is 0 Å². The van der Waals surface area contributed by atoms with E-state index in [1.165, 1.54) is 12.5 Å². The van der Waals surface area contributed by atoms with Crippen LogP contribution in [0.15, 0.2) is 11.8 Å². The van der Waals surface area contributed by atoms with Crippen LogP contribution in [0.3, 0.4) is 0 Å². The molecule has 0 aromatic carbocycles. The Morgan fingerprint density at radius 3 is 1.75 bits per heavy atom. The molecule has 0 aromatic rings. The molecule has 0 aliphatic carbocycles. The molecule has 0 aliphatic rings. The van der Waals surface area contributed by atoms with Crippen molar-refractivity contribution >= 4 is 16.1 Å². The highest BCUT2D eigenvalue weighted by Gasteiger charge is 2.11. The highest BCUT2D eigenvalue weighted by Crippen LogP contribution is 2.12. The van der Waals surface area contributed by atoms with Crippen LogP contribution in [0.2, 0.25) is 45.3 Å². The molecule has 0 radical (unpaired) electrons. The summed E-state index contributed by atoms with van der Waals surface area (Å²) in [4.78, 5) is 0. The van der Waals surface area contributed by atoms with Gasteiger partial charge in [0, 0.05) is 8.07 Å². The summed E-state index contributed by atoms with van der Waals surface area (Å²) >= 11 is 0. The zero-order valence-electron chi connectivity index (χ0n) is 9.57. The summed E-state index contributed by atoms with van der Waals surface area (Å²) in [6.45, 7) is 14.5. The molecule has 0 amide bonds. The predicted molar refractivity (Wildman–Crippen MR) is 65.3 cm³/mol. The molecule has 0 saturated carbocycles. The van der Waals surface area contributed by atoms with E-state index in [-0.39, 0.29) is 0 Å². The number of hydrogen-bond acceptors (Lipinski definition) is 0. The maximum absolute atomic E-state index is 2.47. The van der Waals surface area contributed by atoms with Gasteiger partial charge in [0.2, 0.25) is 0 Å². The van der Waals surface area contributed by atoms with Crippen molar-refractivity contribution in [3.63, 3.8) is 0 Å². The van der Waals surface area contributed by atoms with Gasteiger partial charge in [0.25, 0.3) is 0 Å². The molecule has 0 nitrogen and oxygen atoms in total. The van der Waals surface area contributed by atoms with Crippen molar-refractivity contribution in [3.05, 3.63) is 11.8 Å². The van der Waals surface area contributed by atoms with E-state index in [0.717, 1.165) is 0 Å². The van der Waals surface area contributed by atoms with Gasteiger partial charge < -0.3 is 0 Å². The molecule has 0 aromatic heterocycles. The lowest BCUT2D eigenvalue weighted by Crippen LogP contribution is -2.19. The minimum atomic E-state index is -0.919. The van der Waals surface area contributed by atoms with Gasteiger partial charge in [-0.05, 0) is 6.42 Å². The van der Waals surface area contributed by atoms with Gasteiger partial charge in [-0.15, -0.1) is 0 Å². The Morgan fingerprint density at radius 1 is 0.917 bits per heavy atom. The third-order valence-electron chi connectivity index (χ3n) is 1.68. The van der Waals surface area contributed by atoms with E-state index in [0.29, 0.717) is 0 Å². The summed E-state index contributed by atoms with van der Waals surface area (Å²) in [6.07, 6.45) is 3.71. The lowest BCUT2D eigenvalue weighted by molar-refractivity contribution is 1.16. The van der Waals surface area contributed by atoms with Gasteiger partial charge in [0.15, 0.2) is 0 Å². The second-order valence-corrected chi connectivity index (χ2v) is 16.6. The van der Waals surface area contributed by atoms with Crippen LogP contribution >= 0.6 is 0 Å². The van der Waals surface area contributed by atoms with E-state index in [4.69, 9.17) is 0 Å². The maximum atomic E-state index is 2.47. The summed E-state index contributed by atoms with van der Waals surface area (Å²) in [5.41, 5.74) is 2.47. The fourth-order valence-corrected chi connectivity index (χ4v) is 2.86. The van der Waals surface area contributed by atoms with Gasteiger partial charge in [-0.3, -0.25) is 0 Å². The number of allylic oxidation sites excluding steroid dienone is 1. The van der Waals surface area contributed by atoms with Crippen LogP contribution in [0.5, 0.6) is 0 Å². The Kier molecular flexibility index (Phi) is 4.49. The monoisotopic (exact) mass is 200 g/mol. The van der Waals surface area contributed by atoms with Crippen LogP contribution in [0.1, 0.15) is 6.42 Å². The molecule has 0 saturated heterocycles. The normalized spacial score (nSPS) is 14.2. The fourth-order valence-electron chi connectivity index (χ4n) is 0.953. The third kappa shape index (κ3) is 10.2. The molecule has 12 heavy (non-hydrogen) atoms. The molecule has 0 N–H and O–H groups in total. The van der Waals surface area contributed by atoms with Gasteiger partial charge in [0.05, 0.1) is 8.07 Å². The van der Waals surface area contributed by atoms with Crippen molar-refractivity contribution in [2.24, 2.45) is 0 Å².